The Morgan fingerprint density at radius 2 is 1.76 bits per heavy atom. The van der Waals surface area contributed by atoms with E-state index in [1.807, 2.05) is 0 Å². The number of benzene rings is 1. The van der Waals surface area contributed by atoms with Crippen molar-refractivity contribution in [2.45, 2.75) is 19.9 Å². The summed E-state index contributed by atoms with van der Waals surface area (Å²) in [6.07, 6.45) is 3.18. The quantitative estimate of drug-likeness (QED) is 0.903. The minimum absolute atomic E-state index is 0.112. The molecule has 128 valence electrons. The average molecular weight is 357 g/mol. The zero-order valence-electron chi connectivity index (χ0n) is 13.8. The van der Waals surface area contributed by atoms with Gasteiger partial charge in [0.05, 0.1) is 11.6 Å². The van der Waals surface area contributed by atoms with Gasteiger partial charge in [0.25, 0.3) is 5.91 Å². The van der Waals surface area contributed by atoms with Gasteiger partial charge in [-0.15, -0.1) is 0 Å². The highest BCUT2D eigenvalue weighted by Gasteiger charge is 2.44. The molecule has 1 aliphatic rings. The van der Waals surface area contributed by atoms with Gasteiger partial charge in [0.15, 0.2) is 11.5 Å². The van der Waals surface area contributed by atoms with Crippen molar-refractivity contribution >= 4 is 29.0 Å². The Morgan fingerprint density at radius 1 is 1.16 bits per heavy atom. The lowest BCUT2D eigenvalue weighted by Gasteiger charge is -2.27. The van der Waals surface area contributed by atoms with E-state index in [-0.39, 0.29) is 17.3 Å². The van der Waals surface area contributed by atoms with Crippen molar-refractivity contribution in [1.82, 2.24) is 4.98 Å². The monoisotopic (exact) mass is 356 g/mol. The number of hydrogen-bond donors (Lipinski definition) is 1. The van der Waals surface area contributed by atoms with Crippen LogP contribution in [0.3, 0.4) is 0 Å². The van der Waals surface area contributed by atoms with E-state index >= 15 is 0 Å². The van der Waals surface area contributed by atoms with E-state index in [2.05, 4.69) is 4.98 Å². The van der Waals surface area contributed by atoms with Crippen molar-refractivity contribution in [3.05, 3.63) is 70.7 Å². The first kappa shape index (κ1) is 17.2. The van der Waals surface area contributed by atoms with Crippen molar-refractivity contribution in [2.75, 3.05) is 4.90 Å². The fourth-order valence-corrected chi connectivity index (χ4v) is 3.02. The van der Waals surface area contributed by atoms with Crippen LogP contribution in [0.1, 0.15) is 25.5 Å². The number of Topliss-reactive ketones (excluding diaryl/α,β-unsaturated/α-hetero) is 1. The fourth-order valence-electron chi connectivity index (χ4n) is 2.90. The molecule has 5 nitrogen and oxygen atoms in total. The first-order valence-corrected chi connectivity index (χ1v) is 8.26. The third-order valence-electron chi connectivity index (χ3n) is 4.12. The Labute approximate surface area is 150 Å². The number of aliphatic hydroxyl groups is 1. The van der Waals surface area contributed by atoms with Crippen LogP contribution in [-0.4, -0.2) is 21.8 Å². The number of halogens is 1. The van der Waals surface area contributed by atoms with E-state index in [9.17, 15) is 14.7 Å². The van der Waals surface area contributed by atoms with Gasteiger partial charge in [-0.2, -0.15) is 0 Å². The van der Waals surface area contributed by atoms with Gasteiger partial charge in [-0.25, -0.2) is 0 Å². The molecule has 1 aromatic carbocycles. The van der Waals surface area contributed by atoms with Crippen LogP contribution in [-0.2, 0) is 9.59 Å². The Hall–Kier alpha value is -2.66. The van der Waals surface area contributed by atoms with Crippen molar-refractivity contribution in [1.29, 1.82) is 0 Å². The predicted octanol–water partition coefficient (Wildman–Crippen LogP) is 3.86. The van der Waals surface area contributed by atoms with Crippen molar-refractivity contribution in [3.8, 4) is 0 Å². The Bertz CT molecular complexity index is 845. The maximum absolute atomic E-state index is 12.7. The van der Waals surface area contributed by atoms with E-state index in [4.69, 9.17) is 11.6 Å². The summed E-state index contributed by atoms with van der Waals surface area (Å²) in [7, 11) is 0. The summed E-state index contributed by atoms with van der Waals surface area (Å²) in [4.78, 5) is 30.8. The second-order valence-electron chi connectivity index (χ2n) is 6.12. The molecule has 1 aliphatic heterocycles. The summed E-state index contributed by atoms with van der Waals surface area (Å²) in [6, 6.07) is 9.45. The number of ketones is 1. The van der Waals surface area contributed by atoms with E-state index in [1.54, 1.807) is 62.6 Å². The van der Waals surface area contributed by atoms with Crippen LogP contribution in [0.15, 0.2) is 60.1 Å². The smallest absolute Gasteiger partial charge is 0.294 e. The van der Waals surface area contributed by atoms with Crippen LogP contribution in [0.4, 0.5) is 5.69 Å². The number of carbonyl (C=O) groups is 2. The van der Waals surface area contributed by atoms with Crippen LogP contribution in [0.5, 0.6) is 0 Å². The number of nitrogens with zero attached hydrogens (tertiary/aromatic N) is 2. The molecule has 0 spiro atoms. The zero-order valence-corrected chi connectivity index (χ0v) is 14.6. The van der Waals surface area contributed by atoms with Crippen molar-refractivity contribution < 1.29 is 14.7 Å². The number of amides is 1. The molecule has 0 radical (unpaired) electrons. The number of rotatable bonds is 4. The minimum atomic E-state index is -0.702. The predicted molar refractivity (Wildman–Crippen MR) is 95.4 cm³/mol. The topological polar surface area (TPSA) is 70.5 Å². The molecular formula is C19H17ClN2O3. The Balaban J connectivity index is 2.17. The molecule has 0 bridgehead atoms. The lowest BCUT2D eigenvalue weighted by atomic mass is 9.91. The molecule has 1 N–H and O–H groups in total. The van der Waals surface area contributed by atoms with Crippen LogP contribution in [0.2, 0.25) is 5.02 Å². The molecule has 1 atom stereocenters. The molecule has 0 saturated carbocycles. The summed E-state index contributed by atoms with van der Waals surface area (Å²) < 4.78 is 0. The van der Waals surface area contributed by atoms with E-state index in [1.165, 1.54) is 4.90 Å². The molecular weight excluding hydrogens is 340 g/mol. The van der Waals surface area contributed by atoms with Crippen molar-refractivity contribution in [2.24, 2.45) is 5.92 Å². The first-order chi connectivity index (χ1) is 11.9. The molecule has 6 heteroatoms. The molecule has 1 aromatic heterocycles. The lowest BCUT2D eigenvalue weighted by Crippen LogP contribution is -2.31. The minimum Gasteiger partial charge on any atom is -0.503 e. The second-order valence-corrected chi connectivity index (χ2v) is 6.55. The van der Waals surface area contributed by atoms with Gasteiger partial charge in [0.2, 0.25) is 0 Å². The van der Waals surface area contributed by atoms with Gasteiger partial charge in [0.1, 0.15) is 0 Å². The SMILES string of the molecule is CC(C)C(=O)C1=C(O)C(=O)N(c2ccc(Cl)cc2)C1c1ccncc1. The Morgan fingerprint density at radius 3 is 2.32 bits per heavy atom. The average Bonchev–Trinajstić information content (AvgIpc) is 2.87. The highest BCUT2D eigenvalue weighted by molar-refractivity contribution is 6.30. The molecule has 2 heterocycles. The van der Waals surface area contributed by atoms with E-state index < -0.39 is 17.7 Å². The molecule has 0 saturated heterocycles. The van der Waals surface area contributed by atoms with Crippen molar-refractivity contribution in [3.63, 3.8) is 0 Å². The van der Waals surface area contributed by atoms with Gasteiger partial charge in [-0.1, -0.05) is 25.4 Å². The summed E-state index contributed by atoms with van der Waals surface area (Å²) in [5, 5.41) is 11.0. The van der Waals surface area contributed by atoms with Crippen LogP contribution in [0.25, 0.3) is 0 Å². The van der Waals surface area contributed by atoms with E-state index in [0.29, 0.717) is 16.3 Å². The number of carbonyl (C=O) groups excluding carboxylic acids is 2. The highest BCUT2D eigenvalue weighted by atomic mass is 35.5. The molecule has 3 rings (SSSR count). The van der Waals surface area contributed by atoms with E-state index in [0.717, 1.165) is 0 Å². The normalized spacial score (nSPS) is 17.5. The van der Waals surface area contributed by atoms with Gasteiger partial charge in [-0.05, 0) is 42.0 Å². The number of anilines is 1. The highest BCUT2D eigenvalue weighted by Crippen LogP contribution is 2.41. The number of pyridine rings is 1. The van der Waals surface area contributed by atoms with Gasteiger partial charge in [0, 0.05) is 29.0 Å². The van der Waals surface area contributed by atoms with Crippen LogP contribution >= 0.6 is 11.6 Å². The number of hydrogen-bond acceptors (Lipinski definition) is 4. The lowest BCUT2D eigenvalue weighted by molar-refractivity contribution is -0.119. The van der Waals surface area contributed by atoms with Gasteiger partial charge in [-0.3, -0.25) is 19.5 Å². The molecule has 25 heavy (non-hydrogen) atoms. The molecule has 0 aliphatic carbocycles. The molecule has 1 amide bonds. The Kier molecular flexibility index (Phi) is 4.59. The zero-order chi connectivity index (χ0) is 18.1. The molecule has 2 aromatic rings. The third kappa shape index (κ3) is 3.03. The summed E-state index contributed by atoms with van der Waals surface area (Å²) in [5.41, 5.74) is 1.36. The largest absolute Gasteiger partial charge is 0.503 e. The standard InChI is InChI=1S/C19H17ClN2O3/c1-11(2)17(23)15-16(12-7-9-21-10-8-12)22(19(25)18(15)24)14-5-3-13(20)4-6-14/h3-11,16,24H,1-2H3. The molecule has 1 unspecified atom stereocenters. The third-order valence-corrected chi connectivity index (χ3v) is 4.38. The summed E-state index contributed by atoms with van der Waals surface area (Å²) in [6.45, 7) is 3.48. The van der Waals surface area contributed by atoms with Gasteiger partial charge >= 0.3 is 0 Å². The summed E-state index contributed by atoms with van der Waals surface area (Å²) >= 11 is 5.93. The number of aromatic nitrogens is 1. The van der Waals surface area contributed by atoms with Crippen LogP contribution in [0, 0.1) is 5.92 Å². The van der Waals surface area contributed by atoms with Gasteiger partial charge < -0.3 is 5.11 Å². The maximum atomic E-state index is 12.7. The summed E-state index contributed by atoms with van der Waals surface area (Å²) in [5.74, 6) is -1.72. The fraction of sp³-hybridized carbons (Fsp3) is 0.211. The van der Waals surface area contributed by atoms with Crippen LogP contribution < -0.4 is 4.90 Å². The second kappa shape index (κ2) is 6.69. The number of aliphatic hydroxyl groups excluding tert-OH is 1. The first-order valence-electron chi connectivity index (χ1n) is 7.88. The maximum Gasteiger partial charge on any atom is 0.294 e. The molecule has 0 fully saturated rings.